The quantitative estimate of drug-likeness (QED) is 0.367. The molecular formula is C22H16BrCl2NO2S. The van der Waals surface area contributed by atoms with Crippen LogP contribution in [0.4, 0.5) is 5.69 Å². The number of hydrogen-bond acceptors (Lipinski definition) is 3. The molecule has 0 N–H and O–H groups in total. The molecule has 148 valence electrons. The maximum Gasteiger partial charge on any atom is 0.238 e. The van der Waals surface area contributed by atoms with Crippen molar-refractivity contribution in [3.05, 3.63) is 92.4 Å². The number of carbonyl (C=O) groups is 1. The second-order valence-corrected chi connectivity index (χ2v) is 9.29. The average molecular weight is 509 g/mol. The van der Waals surface area contributed by atoms with E-state index in [-0.39, 0.29) is 11.3 Å². The molecule has 0 saturated carbocycles. The molecule has 3 aromatic carbocycles. The summed E-state index contributed by atoms with van der Waals surface area (Å²) in [6, 6.07) is 20.8. The zero-order chi connectivity index (χ0) is 20.4. The van der Waals surface area contributed by atoms with Gasteiger partial charge in [-0.2, -0.15) is 0 Å². The van der Waals surface area contributed by atoms with E-state index >= 15 is 0 Å². The van der Waals surface area contributed by atoms with Crippen LogP contribution in [0.25, 0.3) is 0 Å². The lowest BCUT2D eigenvalue weighted by Gasteiger charge is -2.26. The Morgan fingerprint density at radius 3 is 2.59 bits per heavy atom. The molecule has 29 heavy (non-hydrogen) atoms. The van der Waals surface area contributed by atoms with Gasteiger partial charge in [-0.05, 0) is 48.5 Å². The first-order valence-corrected chi connectivity index (χ1v) is 11.5. The monoisotopic (exact) mass is 507 g/mol. The van der Waals surface area contributed by atoms with Crippen molar-refractivity contribution in [1.82, 2.24) is 0 Å². The van der Waals surface area contributed by atoms with Crippen molar-refractivity contribution in [3.8, 4) is 5.75 Å². The van der Waals surface area contributed by atoms with Gasteiger partial charge in [-0.3, -0.25) is 9.69 Å². The van der Waals surface area contributed by atoms with Crippen molar-refractivity contribution in [2.24, 2.45) is 0 Å². The highest BCUT2D eigenvalue weighted by Crippen LogP contribution is 2.46. The Bertz CT molecular complexity index is 1050. The summed E-state index contributed by atoms with van der Waals surface area (Å²) in [5, 5.41) is 1.11. The summed E-state index contributed by atoms with van der Waals surface area (Å²) in [6.45, 7) is 0.348. The van der Waals surface area contributed by atoms with Crippen LogP contribution in [0.5, 0.6) is 5.75 Å². The molecule has 0 unspecified atom stereocenters. The van der Waals surface area contributed by atoms with Crippen LogP contribution in [0.15, 0.2) is 71.2 Å². The second-order valence-electron chi connectivity index (χ2n) is 6.47. The minimum absolute atomic E-state index is 0.0550. The van der Waals surface area contributed by atoms with Crippen molar-refractivity contribution in [2.75, 3.05) is 10.7 Å². The summed E-state index contributed by atoms with van der Waals surface area (Å²) in [5.41, 5.74) is 2.65. The average Bonchev–Trinajstić information content (AvgIpc) is 3.10. The van der Waals surface area contributed by atoms with Crippen LogP contribution in [0.3, 0.4) is 0 Å². The zero-order valence-electron chi connectivity index (χ0n) is 15.1. The van der Waals surface area contributed by atoms with Crippen molar-refractivity contribution >= 4 is 62.5 Å². The molecular weight excluding hydrogens is 493 g/mol. The normalized spacial score (nSPS) is 16.3. The highest BCUT2D eigenvalue weighted by molar-refractivity contribution is 9.10. The van der Waals surface area contributed by atoms with Gasteiger partial charge in [0.1, 0.15) is 17.7 Å². The first-order chi connectivity index (χ1) is 14.0. The molecule has 4 rings (SSSR count). The molecule has 1 saturated heterocycles. The molecule has 1 fully saturated rings. The summed E-state index contributed by atoms with van der Waals surface area (Å²) in [5.74, 6) is 1.18. The van der Waals surface area contributed by atoms with Crippen LogP contribution in [0, 0.1) is 0 Å². The largest absolute Gasteiger partial charge is 0.488 e. The number of hydrogen-bond donors (Lipinski definition) is 0. The van der Waals surface area contributed by atoms with Gasteiger partial charge >= 0.3 is 0 Å². The van der Waals surface area contributed by atoms with Gasteiger partial charge in [0, 0.05) is 31.3 Å². The summed E-state index contributed by atoms with van der Waals surface area (Å²) in [7, 11) is 0. The first kappa shape index (κ1) is 20.6. The third-order valence-corrected chi connectivity index (χ3v) is 6.86. The summed E-state index contributed by atoms with van der Waals surface area (Å²) < 4.78 is 7.06. The number of carbonyl (C=O) groups excluding carboxylic acids is 1. The van der Waals surface area contributed by atoms with Crippen LogP contribution in [-0.2, 0) is 11.4 Å². The van der Waals surface area contributed by atoms with E-state index in [0.29, 0.717) is 22.4 Å². The molecule has 1 heterocycles. The molecule has 7 heteroatoms. The molecule has 0 aromatic heterocycles. The van der Waals surface area contributed by atoms with Crippen LogP contribution in [0.2, 0.25) is 10.0 Å². The molecule has 1 aliphatic heterocycles. The Labute approximate surface area is 192 Å². The van der Waals surface area contributed by atoms with E-state index in [4.69, 9.17) is 27.9 Å². The van der Waals surface area contributed by atoms with E-state index < -0.39 is 0 Å². The van der Waals surface area contributed by atoms with Gasteiger partial charge in [-0.15, -0.1) is 11.8 Å². The van der Waals surface area contributed by atoms with Crippen molar-refractivity contribution in [2.45, 2.75) is 12.0 Å². The molecule has 3 aromatic rings. The zero-order valence-corrected chi connectivity index (χ0v) is 19.1. The second kappa shape index (κ2) is 9.00. The number of ether oxygens (including phenoxy) is 1. The number of halogens is 3. The molecule has 1 atom stereocenters. The minimum atomic E-state index is -0.192. The summed E-state index contributed by atoms with van der Waals surface area (Å²) in [6.07, 6.45) is 0. The van der Waals surface area contributed by atoms with Crippen molar-refractivity contribution in [3.63, 3.8) is 0 Å². The molecule has 1 aliphatic rings. The van der Waals surface area contributed by atoms with E-state index in [0.717, 1.165) is 27.0 Å². The maximum atomic E-state index is 12.7. The van der Waals surface area contributed by atoms with Crippen LogP contribution >= 0.6 is 50.9 Å². The fraction of sp³-hybridized carbons (Fsp3) is 0.136. The Morgan fingerprint density at radius 2 is 1.83 bits per heavy atom. The lowest BCUT2D eigenvalue weighted by Crippen LogP contribution is -2.28. The number of thioether (sulfide) groups is 1. The lowest BCUT2D eigenvalue weighted by molar-refractivity contribution is -0.115. The van der Waals surface area contributed by atoms with Gasteiger partial charge in [0.2, 0.25) is 5.91 Å². The topological polar surface area (TPSA) is 29.5 Å². The van der Waals surface area contributed by atoms with Crippen LogP contribution in [0.1, 0.15) is 16.5 Å². The molecule has 0 bridgehead atoms. The SMILES string of the molecule is O=C1CS[C@@H](c2cc(Br)ccc2OCc2ccccc2Cl)N1c1ccc(Cl)cc1. The summed E-state index contributed by atoms with van der Waals surface area (Å²) >= 11 is 17.4. The smallest absolute Gasteiger partial charge is 0.238 e. The number of anilines is 1. The van der Waals surface area contributed by atoms with Crippen molar-refractivity contribution < 1.29 is 9.53 Å². The first-order valence-electron chi connectivity index (χ1n) is 8.88. The fourth-order valence-electron chi connectivity index (χ4n) is 3.15. The van der Waals surface area contributed by atoms with Crippen LogP contribution < -0.4 is 9.64 Å². The maximum absolute atomic E-state index is 12.7. The highest BCUT2D eigenvalue weighted by Gasteiger charge is 2.36. The minimum Gasteiger partial charge on any atom is -0.488 e. The van der Waals surface area contributed by atoms with E-state index in [9.17, 15) is 4.79 Å². The Hall–Kier alpha value is -1.66. The molecule has 0 spiro atoms. The third kappa shape index (κ3) is 4.58. The van der Waals surface area contributed by atoms with Gasteiger partial charge in [-0.25, -0.2) is 0 Å². The Morgan fingerprint density at radius 1 is 1.07 bits per heavy atom. The lowest BCUT2D eigenvalue weighted by atomic mass is 10.1. The molecule has 1 amide bonds. The predicted octanol–water partition coefficient (Wildman–Crippen LogP) is 7.11. The van der Waals surface area contributed by atoms with Gasteiger partial charge in [0.15, 0.2) is 0 Å². The molecule has 3 nitrogen and oxygen atoms in total. The van der Waals surface area contributed by atoms with E-state index in [1.807, 2.05) is 54.6 Å². The van der Waals surface area contributed by atoms with Gasteiger partial charge in [0.05, 0.1) is 5.75 Å². The number of rotatable bonds is 5. The summed E-state index contributed by atoms with van der Waals surface area (Å²) in [4.78, 5) is 14.5. The Kier molecular flexibility index (Phi) is 6.40. The van der Waals surface area contributed by atoms with Gasteiger partial charge in [-0.1, -0.05) is 57.3 Å². The highest BCUT2D eigenvalue weighted by atomic mass is 79.9. The Balaban J connectivity index is 1.66. The fourth-order valence-corrected chi connectivity index (χ4v) is 5.04. The number of amides is 1. The van der Waals surface area contributed by atoms with Gasteiger partial charge < -0.3 is 4.74 Å². The van der Waals surface area contributed by atoms with Gasteiger partial charge in [0.25, 0.3) is 0 Å². The molecule has 0 aliphatic carbocycles. The van der Waals surface area contributed by atoms with E-state index in [2.05, 4.69) is 15.9 Å². The molecule has 0 radical (unpaired) electrons. The predicted molar refractivity (Wildman–Crippen MR) is 124 cm³/mol. The van der Waals surface area contributed by atoms with E-state index in [1.54, 1.807) is 28.8 Å². The number of nitrogens with zero attached hydrogens (tertiary/aromatic N) is 1. The standard InChI is InChI=1S/C22H16BrCl2NO2S/c23-15-5-10-20(28-12-14-3-1-2-4-19(14)25)18(11-15)22-26(21(27)13-29-22)17-8-6-16(24)7-9-17/h1-11,22H,12-13H2/t22-/m0/s1. The van der Waals surface area contributed by atoms with E-state index in [1.165, 1.54) is 0 Å². The number of benzene rings is 3. The van der Waals surface area contributed by atoms with Crippen molar-refractivity contribution in [1.29, 1.82) is 0 Å². The van der Waals surface area contributed by atoms with Crippen LogP contribution in [-0.4, -0.2) is 11.7 Å². The third-order valence-electron chi connectivity index (χ3n) is 4.55.